The molecule has 0 aliphatic heterocycles. The van der Waals surface area contributed by atoms with Crippen LogP contribution in [0.1, 0.15) is 43.1 Å². The van der Waals surface area contributed by atoms with Gasteiger partial charge in [-0.3, -0.25) is 0 Å². The molecule has 0 radical (unpaired) electrons. The third-order valence-corrected chi connectivity index (χ3v) is 7.82. The Morgan fingerprint density at radius 1 is 1.23 bits per heavy atom. The van der Waals surface area contributed by atoms with Gasteiger partial charge >= 0.3 is 6.09 Å². The number of thiophene rings is 1. The van der Waals surface area contributed by atoms with E-state index in [4.69, 9.17) is 5.11 Å². The summed E-state index contributed by atoms with van der Waals surface area (Å²) >= 11 is 1.12. The van der Waals surface area contributed by atoms with Gasteiger partial charge in [0.05, 0.1) is 6.04 Å². The summed E-state index contributed by atoms with van der Waals surface area (Å²) in [6, 6.07) is 9.59. The van der Waals surface area contributed by atoms with Gasteiger partial charge in [-0.2, -0.15) is 0 Å². The first kappa shape index (κ1) is 22.0. The molecule has 0 saturated carbocycles. The number of rotatable bonds is 7. The van der Waals surface area contributed by atoms with Crippen LogP contribution in [0.2, 0.25) is 0 Å². The summed E-state index contributed by atoms with van der Waals surface area (Å²) in [5.41, 5.74) is 2.30. The Kier molecular flexibility index (Phi) is 6.33. The van der Waals surface area contributed by atoms with Crippen molar-refractivity contribution in [1.29, 1.82) is 0 Å². The van der Waals surface area contributed by atoms with E-state index in [1.54, 1.807) is 10.9 Å². The van der Waals surface area contributed by atoms with Crippen molar-refractivity contribution < 1.29 is 18.3 Å². The molecule has 0 fully saturated rings. The Morgan fingerprint density at radius 2 is 1.90 bits per heavy atom. The van der Waals surface area contributed by atoms with Crippen LogP contribution >= 0.6 is 11.3 Å². The number of aryl methyl sites for hydroxylation is 1. The minimum atomic E-state index is -4.16. The number of imidazole rings is 1. The van der Waals surface area contributed by atoms with Crippen LogP contribution in [-0.2, 0) is 16.4 Å². The minimum absolute atomic E-state index is 0.0202. The molecular weight excluding hydrogens is 422 g/mol. The van der Waals surface area contributed by atoms with E-state index in [9.17, 15) is 13.2 Å². The van der Waals surface area contributed by atoms with E-state index in [1.807, 2.05) is 43.5 Å². The standard InChI is InChI=1S/C21H25N3O4S2/c1-13(2)11-18-12-19(20(29-18)30(27,28)23-21(25)26)17-7-5-16(6-8-17)14(3)24-10-9-22-15(24)4/h5-10,12-14,23H,11H2,1-4H3,(H,25,26). The third-order valence-electron chi connectivity index (χ3n) is 4.81. The van der Waals surface area contributed by atoms with E-state index >= 15 is 0 Å². The van der Waals surface area contributed by atoms with Crippen LogP contribution in [0.4, 0.5) is 4.79 Å². The second-order valence-electron chi connectivity index (χ2n) is 7.60. The van der Waals surface area contributed by atoms with Crippen molar-refractivity contribution in [1.82, 2.24) is 14.3 Å². The largest absolute Gasteiger partial charge is 0.464 e. The summed E-state index contributed by atoms with van der Waals surface area (Å²) in [7, 11) is -4.16. The average molecular weight is 448 g/mol. The molecule has 3 rings (SSSR count). The van der Waals surface area contributed by atoms with Crippen LogP contribution in [0.5, 0.6) is 0 Å². The number of aromatic nitrogens is 2. The zero-order valence-electron chi connectivity index (χ0n) is 17.3. The second kappa shape index (κ2) is 8.61. The van der Waals surface area contributed by atoms with Crippen molar-refractivity contribution >= 4 is 27.5 Å². The summed E-state index contributed by atoms with van der Waals surface area (Å²) < 4.78 is 29.0. The van der Waals surface area contributed by atoms with Gasteiger partial charge in [-0.15, -0.1) is 11.3 Å². The molecule has 0 spiro atoms. The molecule has 0 saturated heterocycles. The summed E-state index contributed by atoms with van der Waals surface area (Å²) in [5.74, 6) is 1.26. The van der Waals surface area contributed by atoms with Gasteiger partial charge in [0.1, 0.15) is 10.0 Å². The Bertz CT molecular complexity index is 1150. The van der Waals surface area contributed by atoms with Gasteiger partial charge in [-0.05, 0) is 43.4 Å². The number of hydrogen-bond acceptors (Lipinski definition) is 5. The predicted octanol–water partition coefficient (Wildman–Crippen LogP) is 4.68. The quantitative estimate of drug-likeness (QED) is 0.547. The highest BCUT2D eigenvalue weighted by atomic mass is 32.2. The van der Waals surface area contributed by atoms with Crippen molar-refractivity contribution in [3.8, 4) is 11.1 Å². The van der Waals surface area contributed by atoms with Gasteiger partial charge in [-0.25, -0.2) is 22.9 Å². The number of amides is 1. The molecule has 2 heterocycles. The number of nitrogens with zero attached hydrogens (tertiary/aromatic N) is 2. The van der Waals surface area contributed by atoms with Crippen LogP contribution in [0.3, 0.4) is 0 Å². The lowest BCUT2D eigenvalue weighted by Gasteiger charge is -2.16. The van der Waals surface area contributed by atoms with Crippen molar-refractivity contribution in [2.45, 2.75) is 44.4 Å². The highest BCUT2D eigenvalue weighted by molar-refractivity contribution is 7.92. The average Bonchev–Trinajstić information content (AvgIpc) is 3.26. The lowest BCUT2D eigenvalue weighted by Crippen LogP contribution is -2.28. The van der Waals surface area contributed by atoms with Crippen molar-refractivity contribution in [2.75, 3.05) is 0 Å². The van der Waals surface area contributed by atoms with E-state index in [-0.39, 0.29) is 10.3 Å². The Balaban J connectivity index is 2.01. The molecular formula is C21H25N3O4S2. The number of sulfonamides is 1. The highest BCUT2D eigenvalue weighted by Gasteiger charge is 2.25. The number of nitrogens with one attached hydrogen (secondary N) is 1. The van der Waals surface area contributed by atoms with Gasteiger partial charge in [0.25, 0.3) is 10.0 Å². The maximum atomic E-state index is 12.6. The maximum Gasteiger partial charge on any atom is 0.418 e. The van der Waals surface area contributed by atoms with E-state index in [1.165, 1.54) is 0 Å². The molecule has 2 aromatic heterocycles. The fourth-order valence-electron chi connectivity index (χ4n) is 3.39. The van der Waals surface area contributed by atoms with Gasteiger partial charge in [0.2, 0.25) is 0 Å². The summed E-state index contributed by atoms with van der Waals surface area (Å²) in [4.78, 5) is 16.1. The Morgan fingerprint density at radius 3 is 2.43 bits per heavy atom. The minimum Gasteiger partial charge on any atom is -0.464 e. The highest BCUT2D eigenvalue weighted by Crippen LogP contribution is 2.37. The zero-order valence-corrected chi connectivity index (χ0v) is 18.9. The summed E-state index contributed by atoms with van der Waals surface area (Å²) in [6.07, 6.45) is 2.80. The van der Waals surface area contributed by atoms with Gasteiger partial charge in [0, 0.05) is 22.8 Å². The van der Waals surface area contributed by atoms with E-state index < -0.39 is 16.1 Å². The molecule has 1 atom stereocenters. The van der Waals surface area contributed by atoms with Crippen molar-refractivity contribution in [3.63, 3.8) is 0 Å². The first-order chi connectivity index (χ1) is 14.1. The van der Waals surface area contributed by atoms with Gasteiger partial charge in [0.15, 0.2) is 0 Å². The fraction of sp³-hybridized carbons (Fsp3) is 0.333. The maximum absolute atomic E-state index is 12.6. The smallest absolute Gasteiger partial charge is 0.418 e. The second-order valence-corrected chi connectivity index (χ2v) is 10.6. The van der Waals surface area contributed by atoms with E-state index in [0.717, 1.165) is 39.6 Å². The first-order valence-corrected chi connectivity index (χ1v) is 11.9. The topological polar surface area (TPSA) is 101 Å². The molecule has 2 N–H and O–H groups in total. The lowest BCUT2D eigenvalue weighted by atomic mass is 10.0. The number of carbonyl (C=O) groups is 1. The molecule has 1 aromatic carbocycles. The number of benzene rings is 1. The monoisotopic (exact) mass is 447 g/mol. The molecule has 30 heavy (non-hydrogen) atoms. The Labute approximate surface area is 180 Å². The van der Waals surface area contributed by atoms with Crippen molar-refractivity contribution in [3.05, 3.63) is 59.0 Å². The SMILES string of the molecule is Cc1nccn1C(C)c1ccc(-c2cc(CC(C)C)sc2S(=O)(=O)NC(=O)O)cc1. The summed E-state index contributed by atoms with van der Waals surface area (Å²) in [5, 5.41) is 8.94. The summed E-state index contributed by atoms with van der Waals surface area (Å²) in [6.45, 7) is 8.12. The molecule has 1 unspecified atom stereocenters. The molecule has 0 aliphatic rings. The van der Waals surface area contributed by atoms with Crippen LogP contribution in [0.15, 0.2) is 46.9 Å². The lowest BCUT2D eigenvalue weighted by molar-refractivity contribution is 0.201. The van der Waals surface area contributed by atoms with Crippen molar-refractivity contribution in [2.24, 2.45) is 5.92 Å². The van der Waals surface area contributed by atoms with E-state index in [2.05, 4.69) is 30.3 Å². The van der Waals surface area contributed by atoms with Crippen LogP contribution < -0.4 is 4.72 Å². The normalized spacial score (nSPS) is 12.8. The third kappa shape index (κ3) is 4.73. The molecule has 1 amide bonds. The molecule has 7 nitrogen and oxygen atoms in total. The molecule has 3 aromatic rings. The van der Waals surface area contributed by atoms with E-state index in [0.29, 0.717) is 11.5 Å². The number of hydrogen-bond donors (Lipinski definition) is 2. The fourth-order valence-corrected chi connectivity index (χ4v) is 6.18. The zero-order chi connectivity index (χ0) is 22.1. The Hall–Kier alpha value is -2.65. The molecule has 0 bridgehead atoms. The molecule has 9 heteroatoms. The van der Waals surface area contributed by atoms with Gasteiger partial charge in [-0.1, -0.05) is 38.1 Å². The van der Waals surface area contributed by atoms with Crippen LogP contribution in [0.25, 0.3) is 11.1 Å². The van der Waals surface area contributed by atoms with Crippen LogP contribution in [0, 0.1) is 12.8 Å². The van der Waals surface area contributed by atoms with Crippen LogP contribution in [-0.4, -0.2) is 29.2 Å². The number of carboxylic acid groups (broad SMARTS) is 1. The van der Waals surface area contributed by atoms with Gasteiger partial charge < -0.3 is 9.67 Å². The first-order valence-electron chi connectivity index (χ1n) is 9.56. The molecule has 160 valence electrons. The predicted molar refractivity (Wildman–Crippen MR) is 117 cm³/mol. The molecule has 0 aliphatic carbocycles.